The van der Waals surface area contributed by atoms with Crippen LogP contribution >= 0.6 is 0 Å². The molecule has 0 spiro atoms. The van der Waals surface area contributed by atoms with Gasteiger partial charge in [-0.05, 0) is 31.2 Å². The van der Waals surface area contributed by atoms with E-state index in [4.69, 9.17) is 0 Å². The number of hydrogen-bond donors (Lipinski definition) is 1. The van der Waals surface area contributed by atoms with Gasteiger partial charge in [0.2, 0.25) is 5.75 Å². The number of carbonyl (C=O) groups is 3. The number of Topliss-reactive ketones (excluding diaryl/α,β-unsaturated/α-hetero) is 1. The number of carbonyl (C=O) groups excluding carboxylic acids is 3. The number of ketones is 1. The molecule has 0 saturated carbocycles. The first-order valence-corrected chi connectivity index (χ1v) is 10.8. The summed E-state index contributed by atoms with van der Waals surface area (Å²) < 4.78 is 14.4. The number of likely N-dealkylation sites (N-methyl/N-ethyl adjacent to an activating group) is 3. The van der Waals surface area contributed by atoms with Crippen LogP contribution in [0.3, 0.4) is 0 Å². The molecule has 34 heavy (non-hydrogen) atoms. The number of hydrogen-bond acceptors (Lipinski definition) is 7. The van der Waals surface area contributed by atoms with Gasteiger partial charge < -0.3 is 19.8 Å². The van der Waals surface area contributed by atoms with E-state index in [2.05, 4.69) is 4.98 Å². The molecule has 0 fully saturated rings. The maximum Gasteiger partial charge on any atom is 0.312 e. The lowest BCUT2D eigenvalue weighted by Crippen LogP contribution is -2.45. The smallest absolute Gasteiger partial charge is 0.312 e. The van der Waals surface area contributed by atoms with Crippen LogP contribution in [-0.4, -0.2) is 88.2 Å². The molecule has 1 aromatic carbocycles. The van der Waals surface area contributed by atoms with Gasteiger partial charge in [0.1, 0.15) is 17.7 Å². The summed E-state index contributed by atoms with van der Waals surface area (Å²) >= 11 is 0. The Kier molecular flexibility index (Phi) is 7.45. The van der Waals surface area contributed by atoms with Crippen LogP contribution in [0.15, 0.2) is 29.1 Å². The molecule has 1 aromatic heterocycles. The predicted molar refractivity (Wildman–Crippen MR) is 121 cm³/mol. The van der Waals surface area contributed by atoms with Crippen LogP contribution in [0, 0.1) is 5.82 Å². The first-order valence-electron chi connectivity index (χ1n) is 10.8. The van der Waals surface area contributed by atoms with E-state index in [9.17, 15) is 28.7 Å². The lowest BCUT2D eigenvalue weighted by molar-refractivity contribution is -0.151. The Hall–Kier alpha value is -3.60. The summed E-state index contributed by atoms with van der Waals surface area (Å²) in [5, 5.41) is 10.5. The molecule has 0 saturated heterocycles. The minimum Gasteiger partial charge on any atom is -0.501 e. The summed E-state index contributed by atoms with van der Waals surface area (Å²) in [6.07, 6.45) is 0.202. The van der Waals surface area contributed by atoms with Crippen molar-refractivity contribution in [3.63, 3.8) is 0 Å². The zero-order valence-electron chi connectivity index (χ0n) is 19.6. The highest BCUT2D eigenvalue weighted by Gasteiger charge is 2.35. The fraction of sp³-hybridized carbons (Fsp3) is 0.435. The van der Waals surface area contributed by atoms with Gasteiger partial charge >= 0.3 is 11.8 Å². The minimum atomic E-state index is -0.805. The largest absolute Gasteiger partial charge is 0.501 e. The average molecular weight is 474 g/mol. The second-order valence-corrected chi connectivity index (χ2v) is 8.57. The highest BCUT2D eigenvalue weighted by molar-refractivity contribution is 6.34. The van der Waals surface area contributed by atoms with Gasteiger partial charge in [-0.15, -0.1) is 0 Å². The van der Waals surface area contributed by atoms with Crippen LogP contribution < -0.4 is 5.56 Å². The third kappa shape index (κ3) is 5.14. The SMILES string of the molecule is CN1CCn2c(nc(C(=O)CCc3ccc(F)cc3)c(O)c2=O)C(N(C)C(=O)C(=O)N(C)C)C1. The predicted octanol–water partition coefficient (Wildman–Crippen LogP) is 0.437. The maximum absolute atomic E-state index is 13.1. The molecule has 2 aromatic rings. The summed E-state index contributed by atoms with van der Waals surface area (Å²) in [5.74, 6) is -3.11. The average Bonchev–Trinajstić information content (AvgIpc) is 2.98. The molecule has 1 unspecified atom stereocenters. The minimum absolute atomic E-state index is 0.0620. The molecule has 1 aliphatic heterocycles. The number of nitrogens with zero attached hydrogens (tertiary/aromatic N) is 5. The molecule has 2 heterocycles. The van der Waals surface area contributed by atoms with Crippen molar-refractivity contribution in [1.29, 1.82) is 0 Å². The number of aromatic nitrogens is 2. The first kappa shape index (κ1) is 25.0. The van der Waals surface area contributed by atoms with E-state index >= 15 is 0 Å². The highest BCUT2D eigenvalue weighted by Crippen LogP contribution is 2.24. The molecule has 11 heteroatoms. The van der Waals surface area contributed by atoms with Crippen molar-refractivity contribution in [3.8, 4) is 5.75 Å². The van der Waals surface area contributed by atoms with Crippen molar-refractivity contribution in [2.24, 2.45) is 0 Å². The molecule has 1 atom stereocenters. The number of rotatable bonds is 5. The van der Waals surface area contributed by atoms with E-state index in [1.165, 1.54) is 42.7 Å². The Bertz CT molecular complexity index is 1160. The van der Waals surface area contributed by atoms with Gasteiger partial charge in [0.15, 0.2) is 11.5 Å². The Labute approximate surface area is 196 Å². The van der Waals surface area contributed by atoms with Crippen molar-refractivity contribution in [3.05, 3.63) is 57.5 Å². The zero-order chi connectivity index (χ0) is 25.2. The Morgan fingerprint density at radius 2 is 1.76 bits per heavy atom. The molecule has 1 aliphatic rings. The monoisotopic (exact) mass is 473 g/mol. The number of aryl methyl sites for hydroxylation is 1. The van der Waals surface area contributed by atoms with Gasteiger partial charge in [-0.2, -0.15) is 0 Å². The summed E-state index contributed by atoms with van der Waals surface area (Å²) in [6, 6.07) is 4.87. The second kappa shape index (κ2) is 10.1. The van der Waals surface area contributed by atoms with Crippen molar-refractivity contribution < 1.29 is 23.9 Å². The van der Waals surface area contributed by atoms with Crippen LogP contribution in [-0.2, 0) is 22.6 Å². The van der Waals surface area contributed by atoms with Gasteiger partial charge in [0, 0.05) is 47.2 Å². The number of aromatic hydroxyl groups is 1. The molecule has 0 aliphatic carbocycles. The van der Waals surface area contributed by atoms with Crippen LogP contribution in [0.1, 0.15) is 34.3 Å². The Morgan fingerprint density at radius 1 is 1.12 bits per heavy atom. The number of benzene rings is 1. The summed E-state index contributed by atoms with van der Waals surface area (Å²) in [5.41, 5.74) is -0.448. The first-order chi connectivity index (χ1) is 16.0. The van der Waals surface area contributed by atoms with E-state index < -0.39 is 40.8 Å². The Morgan fingerprint density at radius 3 is 2.38 bits per heavy atom. The van der Waals surface area contributed by atoms with Crippen LogP contribution in [0.2, 0.25) is 0 Å². The molecule has 0 radical (unpaired) electrons. The normalized spacial score (nSPS) is 15.9. The molecule has 3 rings (SSSR count). The number of halogens is 1. The fourth-order valence-electron chi connectivity index (χ4n) is 3.77. The maximum atomic E-state index is 13.1. The lowest BCUT2D eigenvalue weighted by Gasteiger charge is -2.30. The molecule has 10 nitrogen and oxygen atoms in total. The zero-order valence-corrected chi connectivity index (χ0v) is 19.6. The third-order valence-electron chi connectivity index (χ3n) is 5.86. The van der Waals surface area contributed by atoms with E-state index in [1.807, 2.05) is 4.90 Å². The summed E-state index contributed by atoms with van der Waals surface area (Å²) in [6.45, 7) is 0.894. The van der Waals surface area contributed by atoms with E-state index in [1.54, 1.807) is 19.2 Å². The number of amides is 2. The summed E-state index contributed by atoms with van der Waals surface area (Å²) in [4.78, 5) is 59.4. The van der Waals surface area contributed by atoms with Crippen molar-refractivity contribution in [2.75, 3.05) is 41.3 Å². The van der Waals surface area contributed by atoms with Crippen molar-refractivity contribution >= 4 is 17.6 Å². The highest BCUT2D eigenvalue weighted by atomic mass is 19.1. The fourth-order valence-corrected chi connectivity index (χ4v) is 3.77. The molecule has 1 N–H and O–H groups in total. The third-order valence-corrected chi connectivity index (χ3v) is 5.86. The van der Waals surface area contributed by atoms with Gasteiger partial charge in [0.05, 0.1) is 0 Å². The van der Waals surface area contributed by atoms with Gasteiger partial charge in [-0.25, -0.2) is 9.37 Å². The summed E-state index contributed by atoms with van der Waals surface area (Å²) in [7, 11) is 6.15. The van der Waals surface area contributed by atoms with E-state index in [-0.39, 0.29) is 37.4 Å². The van der Waals surface area contributed by atoms with Gasteiger partial charge in [-0.3, -0.25) is 23.7 Å². The van der Waals surface area contributed by atoms with Gasteiger partial charge in [-0.1, -0.05) is 12.1 Å². The van der Waals surface area contributed by atoms with E-state index in [0.29, 0.717) is 12.1 Å². The molecule has 2 amide bonds. The van der Waals surface area contributed by atoms with Crippen LogP contribution in [0.5, 0.6) is 5.75 Å². The molecule has 182 valence electrons. The lowest BCUT2D eigenvalue weighted by atomic mass is 10.1. The Balaban J connectivity index is 1.98. The van der Waals surface area contributed by atoms with Gasteiger partial charge in [0.25, 0.3) is 5.56 Å². The van der Waals surface area contributed by atoms with Crippen LogP contribution in [0.25, 0.3) is 0 Å². The molecular formula is C23H28FN5O5. The number of fused-ring (bicyclic) bond motifs is 1. The van der Waals surface area contributed by atoms with Crippen LogP contribution in [0.4, 0.5) is 4.39 Å². The van der Waals surface area contributed by atoms with Crippen molar-refractivity contribution in [1.82, 2.24) is 24.3 Å². The molecule has 0 bridgehead atoms. The molecular weight excluding hydrogens is 445 g/mol. The second-order valence-electron chi connectivity index (χ2n) is 8.57. The standard InChI is InChI=1S/C23H28FN5O5/c1-26(2)22(33)23(34)28(4)16-13-27(3)11-12-29-20(16)25-18(19(31)21(29)32)17(30)10-7-14-5-8-15(24)9-6-14/h5-6,8-9,16,31H,7,10-13H2,1-4H3. The topological polar surface area (TPSA) is 116 Å². The van der Waals surface area contributed by atoms with E-state index in [0.717, 1.165) is 4.90 Å². The quantitative estimate of drug-likeness (QED) is 0.495. The van der Waals surface area contributed by atoms with Crippen molar-refractivity contribution in [2.45, 2.75) is 25.4 Å².